The lowest BCUT2D eigenvalue weighted by atomic mass is 9.94. The number of furan rings is 1. The van der Waals surface area contributed by atoms with Gasteiger partial charge in [0.05, 0.1) is 5.69 Å². The van der Waals surface area contributed by atoms with E-state index < -0.39 is 0 Å². The van der Waals surface area contributed by atoms with Crippen molar-refractivity contribution in [3.63, 3.8) is 0 Å². The van der Waals surface area contributed by atoms with Crippen LogP contribution >= 0.6 is 0 Å². The number of hydrogen-bond donors (Lipinski definition) is 0. The summed E-state index contributed by atoms with van der Waals surface area (Å²) in [6, 6.07) is 88.8. The summed E-state index contributed by atoms with van der Waals surface area (Å²) in [6.45, 7) is 0. The minimum Gasteiger partial charge on any atom is -0.455 e. The molecule has 0 aliphatic rings. The zero-order valence-electron chi connectivity index (χ0n) is 34.0. The molecule has 292 valence electrons. The molecule has 1 aromatic heterocycles. The highest BCUT2D eigenvalue weighted by atomic mass is 16.3. The van der Waals surface area contributed by atoms with Gasteiger partial charge in [-0.1, -0.05) is 206 Å². The van der Waals surface area contributed by atoms with E-state index in [1.54, 1.807) is 0 Å². The van der Waals surface area contributed by atoms with E-state index in [9.17, 15) is 0 Å². The van der Waals surface area contributed by atoms with E-state index >= 15 is 0 Å². The molecule has 0 fully saturated rings. The lowest BCUT2D eigenvalue weighted by molar-refractivity contribution is 0.632. The number of nitrogens with zero attached hydrogens (tertiary/aromatic N) is 1. The molecule has 1 heterocycles. The highest BCUT2D eigenvalue weighted by Crippen LogP contribution is 2.43. The fourth-order valence-corrected chi connectivity index (χ4v) is 8.86. The van der Waals surface area contributed by atoms with Crippen LogP contribution < -0.4 is 4.90 Å². The van der Waals surface area contributed by atoms with E-state index in [0.717, 1.165) is 67.2 Å². The summed E-state index contributed by atoms with van der Waals surface area (Å²) in [4.78, 5) is 2.38. The Kier molecular flexibility index (Phi) is 9.57. The second kappa shape index (κ2) is 16.1. The van der Waals surface area contributed by atoms with Crippen LogP contribution in [0.5, 0.6) is 0 Å². The maximum absolute atomic E-state index is 6.55. The zero-order valence-corrected chi connectivity index (χ0v) is 34.0. The zero-order chi connectivity index (χ0) is 41.2. The van der Waals surface area contributed by atoms with Crippen LogP contribution in [-0.2, 0) is 0 Å². The van der Waals surface area contributed by atoms with Crippen molar-refractivity contribution >= 4 is 38.8 Å². The van der Waals surface area contributed by atoms with E-state index in [2.05, 4.69) is 241 Å². The monoisotopic (exact) mass is 791 g/mol. The first-order valence-electron chi connectivity index (χ1n) is 21.2. The molecule has 10 aromatic carbocycles. The maximum atomic E-state index is 6.55. The highest BCUT2D eigenvalue weighted by Gasteiger charge is 2.19. The van der Waals surface area contributed by atoms with E-state index in [1.807, 2.05) is 12.1 Å². The Balaban J connectivity index is 0.911. The van der Waals surface area contributed by atoms with Crippen molar-refractivity contribution < 1.29 is 4.42 Å². The van der Waals surface area contributed by atoms with Gasteiger partial charge in [0.2, 0.25) is 0 Å². The fourth-order valence-electron chi connectivity index (χ4n) is 8.86. The second-order valence-electron chi connectivity index (χ2n) is 15.7. The van der Waals surface area contributed by atoms with Crippen LogP contribution in [0.25, 0.3) is 88.7 Å². The largest absolute Gasteiger partial charge is 0.455 e. The molecule has 2 heteroatoms. The third-order valence-electron chi connectivity index (χ3n) is 11.9. The van der Waals surface area contributed by atoms with E-state index in [-0.39, 0.29) is 0 Å². The Morgan fingerprint density at radius 3 is 1.42 bits per heavy atom. The van der Waals surface area contributed by atoms with Crippen molar-refractivity contribution in [2.24, 2.45) is 0 Å². The van der Waals surface area contributed by atoms with Crippen LogP contribution in [-0.4, -0.2) is 0 Å². The number of anilines is 3. The molecule has 0 unspecified atom stereocenters. The summed E-state index contributed by atoms with van der Waals surface area (Å²) in [6.07, 6.45) is 0. The number of rotatable bonds is 9. The minimum atomic E-state index is 0.887. The summed E-state index contributed by atoms with van der Waals surface area (Å²) in [5.41, 5.74) is 17.0. The topological polar surface area (TPSA) is 16.4 Å². The standard InChI is InChI=1S/C60H41NO/c1-3-15-45(16-4-1)53-23-9-10-24-54(53)47-35-39-52(40-36-47)61(57-27-14-20-46-17-7-8-25-55(46)57)51-37-33-43(34-38-51)42-29-31-44(32-30-42)49-21-13-22-50(41-49)60-59(48-18-5-2-6-19-48)56-26-11-12-28-58(56)62-60/h1-41H. The summed E-state index contributed by atoms with van der Waals surface area (Å²) in [5.74, 6) is 0.887. The molecule has 11 rings (SSSR count). The van der Waals surface area contributed by atoms with Crippen molar-refractivity contribution in [3.8, 4) is 67.0 Å². The van der Waals surface area contributed by atoms with Crippen LogP contribution in [0.3, 0.4) is 0 Å². The van der Waals surface area contributed by atoms with Gasteiger partial charge in [-0.2, -0.15) is 0 Å². The van der Waals surface area contributed by atoms with Crippen LogP contribution in [0.1, 0.15) is 0 Å². The molecule has 2 nitrogen and oxygen atoms in total. The first kappa shape index (κ1) is 36.8. The average molecular weight is 792 g/mol. The van der Waals surface area contributed by atoms with Crippen molar-refractivity contribution in [2.75, 3.05) is 4.90 Å². The molecule has 62 heavy (non-hydrogen) atoms. The smallest absolute Gasteiger partial charge is 0.143 e. The molecule has 0 saturated heterocycles. The van der Waals surface area contributed by atoms with Crippen molar-refractivity contribution in [1.29, 1.82) is 0 Å². The molecular weight excluding hydrogens is 751 g/mol. The molecule has 0 aliphatic heterocycles. The predicted molar refractivity (Wildman–Crippen MR) is 261 cm³/mol. The predicted octanol–water partition coefficient (Wildman–Crippen LogP) is 17.1. The van der Waals surface area contributed by atoms with Gasteiger partial charge in [0, 0.05) is 33.3 Å². The third-order valence-corrected chi connectivity index (χ3v) is 11.9. The third kappa shape index (κ3) is 6.94. The Morgan fingerprint density at radius 1 is 0.290 bits per heavy atom. The molecule has 0 atom stereocenters. The molecule has 0 amide bonds. The van der Waals surface area contributed by atoms with Crippen LogP contribution in [0, 0.1) is 0 Å². The minimum absolute atomic E-state index is 0.887. The van der Waals surface area contributed by atoms with Gasteiger partial charge in [-0.3, -0.25) is 0 Å². The molecule has 11 aromatic rings. The average Bonchev–Trinajstić information content (AvgIpc) is 3.75. The maximum Gasteiger partial charge on any atom is 0.143 e. The van der Waals surface area contributed by atoms with Crippen LogP contribution in [0.4, 0.5) is 17.1 Å². The number of hydrogen-bond acceptors (Lipinski definition) is 2. The first-order chi connectivity index (χ1) is 30.7. The molecule has 0 saturated carbocycles. The number of benzene rings is 10. The van der Waals surface area contributed by atoms with Gasteiger partial charge < -0.3 is 9.32 Å². The summed E-state index contributed by atoms with van der Waals surface area (Å²) in [7, 11) is 0. The van der Waals surface area contributed by atoms with Gasteiger partial charge in [-0.25, -0.2) is 0 Å². The molecule has 0 radical (unpaired) electrons. The summed E-state index contributed by atoms with van der Waals surface area (Å²) in [5, 5.41) is 3.53. The molecule has 0 bridgehead atoms. The van der Waals surface area contributed by atoms with Gasteiger partial charge in [0.1, 0.15) is 11.3 Å². The lowest BCUT2D eigenvalue weighted by Crippen LogP contribution is -2.10. The van der Waals surface area contributed by atoms with E-state index in [1.165, 1.54) is 38.6 Å². The summed E-state index contributed by atoms with van der Waals surface area (Å²) >= 11 is 0. The van der Waals surface area contributed by atoms with Crippen molar-refractivity contribution in [3.05, 3.63) is 249 Å². The Morgan fingerprint density at radius 2 is 0.742 bits per heavy atom. The first-order valence-corrected chi connectivity index (χ1v) is 21.2. The SMILES string of the molecule is c1ccc(-c2ccccc2-c2ccc(N(c3ccc(-c4ccc(-c5cccc(-c6oc7ccccc7c6-c6ccccc6)c5)cc4)cc3)c3cccc4ccccc34)cc2)cc1. The molecular formula is C60H41NO. The van der Waals surface area contributed by atoms with E-state index in [0.29, 0.717) is 0 Å². The molecule has 0 aliphatic carbocycles. The van der Waals surface area contributed by atoms with E-state index in [4.69, 9.17) is 4.42 Å². The Bertz CT molecular complexity index is 3310. The van der Waals surface area contributed by atoms with Gasteiger partial charge in [-0.15, -0.1) is 0 Å². The quantitative estimate of drug-likeness (QED) is 0.145. The summed E-state index contributed by atoms with van der Waals surface area (Å²) < 4.78 is 6.55. The van der Waals surface area contributed by atoms with Gasteiger partial charge >= 0.3 is 0 Å². The van der Waals surface area contributed by atoms with Crippen molar-refractivity contribution in [1.82, 2.24) is 0 Å². The number of para-hydroxylation sites is 1. The second-order valence-corrected chi connectivity index (χ2v) is 15.7. The van der Waals surface area contributed by atoms with Gasteiger partial charge in [0.25, 0.3) is 0 Å². The highest BCUT2D eigenvalue weighted by molar-refractivity contribution is 6.02. The van der Waals surface area contributed by atoms with Gasteiger partial charge in [0.15, 0.2) is 0 Å². The Labute approximate surface area is 362 Å². The molecule has 0 spiro atoms. The number of fused-ring (bicyclic) bond motifs is 2. The Hall–Kier alpha value is -8.20. The van der Waals surface area contributed by atoms with Gasteiger partial charge in [-0.05, 0) is 97.9 Å². The molecule has 0 N–H and O–H groups in total. The van der Waals surface area contributed by atoms with Crippen molar-refractivity contribution in [2.45, 2.75) is 0 Å². The normalized spacial score (nSPS) is 11.2. The lowest BCUT2D eigenvalue weighted by Gasteiger charge is -2.27. The fraction of sp³-hybridized carbons (Fsp3) is 0. The van der Waals surface area contributed by atoms with Crippen LogP contribution in [0.2, 0.25) is 0 Å². The van der Waals surface area contributed by atoms with Crippen LogP contribution in [0.15, 0.2) is 253 Å².